The van der Waals surface area contributed by atoms with Gasteiger partial charge < -0.3 is 10.5 Å². The third-order valence-electron chi connectivity index (χ3n) is 3.56. The number of nitrogens with zero attached hydrogens (tertiary/aromatic N) is 1. The molecule has 0 aliphatic heterocycles. The molecule has 2 aromatic carbocycles. The molecule has 0 aliphatic rings. The first-order valence-electron chi connectivity index (χ1n) is 7.22. The lowest BCUT2D eigenvalue weighted by molar-refractivity contribution is 0.310. The van der Waals surface area contributed by atoms with Gasteiger partial charge in [-0.15, -0.1) is 0 Å². The van der Waals surface area contributed by atoms with Crippen LogP contribution in [0.5, 0.6) is 5.75 Å². The molecule has 0 radical (unpaired) electrons. The average Bonchev–Trinajstić information content (AvgIpc) is 2.47. The van der Waals surface area contributed by atoms with E-state index in [0.29, 0.717) is 6.54 Å². The molecule has 0 saturated heterocycles. The first-order chi connectivity index (χ1) is 10.1. The van der Waals surface area contributed by atoms with E-state index in [9.17, 15) is 0 Å². The fourth-order valence-corrected chi connectivity index (χ4v) is 2.54. The van der Waals surface area contributed by atoms with E-state index < -0.39 is 0 Å². The van der Waals surface area contributed by atoms with Crippen molar-refractivity contribution >= 4 is 0 Å². The Labute approximate surface area is 127 Å². The third-order valence-corrected chi connectivity index (χ3v) is 3.56. The summed E-state index contributed by atoms with van der Waals surface area (Å²) in [7, 11) is 3.84. The van der Waals surface area contributed by atoms with Crippen molar-refractivity contribution in [2.75, 3.05) is 14.2 Å². The van der Waals surface area contributed by atoms with Gasteiger partial charge in [-0.25, -0.2) is 0 Å². The SMILES string of the molecule is COc1ccc(C)cc1CN(C)Cc1cccc(CN)c1. The van der Waals surface area contributed by atoms with Gasteiger partial charge >= 0.3 is 0 Å². The van der Waals surface area contributed by atoms with Crippen LogP contribution in [0.4, 0.5) is 0 Å². The summed E-state index contributed by atoms with van der Waals surface area (Å²) in [6.45, 7) is 4.44. The minimum atomic E-state index is 0.587. The molecule has 0 unspecified atom stereocenters. The Bertz CT molecular complexity index is 596. The number of nitrogens with two attached hydrogens (primary N) is 1. The Balaban J connectivity index is 2.07. The second kappa shape index (κ2) is 7.25. The van der Waals surface area contributed by atoms with Gasteiger partial charge in [-0.1, -0.05) is 42.0 Å². The van der Waals surface area contributed by atoms with E-state index in [2.05, 4.69) is 55.3 Å². The van der Waals surface area contributed by atoms with Crippen molar-refractivity contribution in [2.24, 2.45) is 5.73 Å². The molecule has 2 rings (SSSR count). The molecule has 0 heterocycles. The first kappa shape index (κ1) is 15.5. The lowest BCUT2D eigenvalue weighted by Gasteiger charge is -2.19. The van der Waals surface area contributed by atoms with Crippen molar-refractivity contribution in [3.63, 3.8) is 0 Å². The van der Waals surface area contributed by atoms with E-state index in [-0.39, 0.29) is 0 Å². The fourth-order valence-electron chi connectivity index (χ4n) is 2.54. The molecule has 0 saturated carbocycles. The van der Waals surface area contributed by atoms with Gasteiger partial charge in [-0.2, -0.15) is 0 Å². The van der Waals surface area contributed by atoms with Crippen LogP contribution in [0, 0.1) is 6.92 Å². The Morgan fingerprint density at radius 2 is 1.81 bits per heavy atom. The highest BCUT2D eigenvalue weighted by Gasteiger charge is 2.07. The van der Waals surface area contributed by atoms with Gasteiger partial charge in [0.25, 0.3) is 0 Å². The fraction of sp³-hybridized carbons (Fsp3) is 0.333. The minimum Gasteiger partial charge on any atom is -0.496 e. The molecule has 21 heavy (non-hydrogen) atoms. The van der Waals surface area contributed by atoms with Crippen molar-refractivity contribution in [1.82, 2.24) is 4.90 Å². The quantitative estimate of drug-likeness (QED) is 0.886. The van der Waals surface area contributed by atoms with Gasteiger partial charge in [0.1, 0.15) is 5.75 Å². The molecule has 2 N–H and O–H groups in total. The summed E-state index contributed by atoms with van der Waals surface area (Å²) in [5.74, 6) is 0.947. The van der Waals surface area contributed by atoms with E-state index in [1.54, 1.807) is 7.11 Å². The van der Waals surface area contributed by atoms with Crippen LogP contribution in [0.15, 0.2) is 42.5 Å². The van der Waals surface area contributed by atoms with E-state index in [1.165, 1.54) is 22.3 Å². The van der Waals surface area contributed by atoms with E-state index in [4.69, 9.17) is 10.5 Å². The van der Waals surface area contributed by atoms with Gasteiger partial charge in [0.05, 0.1) is 7.11 Å². The zero-order valence-corrected chi connectivity index (χ0v) is 13.1. The van der Waals surface area contributed by atoms with E-state index >= 15 is 0 Å². The van der Waals surface area contributed by atoms with Crippen LogP contribution in [-0.4, -0.2) is 19.1 Å². The maximum Gasteiger partial charge on any atom is 0.123 e. The van der Waals surface area contributed by atoms with Crippen molar-refractivity contribution in [3.8, 4) is 5.75 Å². The molecule has 0 bridgehead atoms. The monoisotopic (exact) mass is 284 g/mol. The van der Waals surface area contributed by atoms with Crippen LogP contribution in [0.1, 0.15) is 22.3 Å². The molecule has 0 atom stereocenters. The molecule has 3 nitrogen and oxygen atoms in total. The second-order valence-electron chi connectivity index (χ2n) is 5.51. The summed E-state index contributed by atoms with van der Waals surface area (Å²) < 4.78 is 5.44. The molecule has 112 valence electrons. The van der Waals surface area contributed by atoms with Gasteiger partial charge in [0.2, 0.25) is 0 Å². The Morgan fingerprint density at radius 1 is 1.05 bits per heavy atom. The third kappa shape index (κ3) is 4.31. The molecule has 3 heteroatoms. The smallest absolute Gasteiger partial charge is 0.123 e. The lowest BCUT2D eigenvalue weighted by Crippen LogP contribution is -2.18. The minimum absolute atomic E-state index is 0.587. The summed E-state index contributed by atoms with van der Waals surface area (Å²) in [6.07, 6.45) is 0. The molecular formula is C18H24N2O. The number of hydrogen-bond donors (Lipinski definition) is 1. The zero-order valence-electron chi connectivity index (χ0n) is 13.1. The standard InChI is InChI=1S/C18H24N2O/c1-14-7-8-18(21-3)17(9-14)13-20(2)12-16-6-4-5-15(10-16)11-19/h4-10H,11-13,19H2,1-3H3. The van der Waals surface area contributed by atoms with Crippen molar-refractivity contribution < 1.29 is 4.74 Å². The molecule has 2 aromatic rings. The number of methoxy groups -OCH3 is 1. The highest BCUT2D eigenvalue weighted by Crippen LogP contribution is 2.21. The summed E-state index contributed by atoms with van der Waals surface area (Å²) in [5, 5.41) is 0. The zero-order chi connectivity index (χ0) is 15.2. The number of aryl methyl sites for hydroxylation is 1. The van der Waals surface area contributed by atoms with Crippen molar-refractivity contribution in [3.05, 3.63) is 64.7 Å². The number of ether oxygens (including phenoxy) is 1. The predicted octanol–water partition coefficient (Wildman–Crippen LogP) is 3.09. The van der Waals surface area contributed by atoms with Gasteiger partial charge in [-0.05, 0) is 31.2 Å². The molecule has 0 amide bonds. The number of rotatable bonds is 6. The highest BCUT2D eigenvalue weighted by molar-refractivity contribution is 5.36. The molecule has 0 aromatic heterocycles. The largest absolute Gasteiger partial charge is 0.496 e. The van der Waals surface area contributed by atoms with Gasteiger partial charge in [0, 0.05) is 25.2 Å². The lowest BCUT2D eigenvalue weighted by atomic mass is 10.1. The number of benzene rings is 2. The van der Waals surface area contributed by atoms with E-state index in [1.807, 2.05) is 6.07 Å². The van der Waals surface area contributed by atoms with E-state index in [0.717, 1.165) is 18.8 Å². The maximum absolute atomic E-state index is 5.70. The maximum atomic E-state index is 5.70. The van der Waals surface area contributed by atoms with Crippen LogP contribution in [-0.2, 0) is 19.6 Å². The van der Waals surface area contributed by atoms with Crippen LogP contribution in [0.3, 0.4) is 0 Å². The van der Waals surface area contributed by atoms with Crippen LogP contribution in [0.2, 0.25) is 0 Å². The summed E-state index contributed by atoms with van der Waals surface area (Å²) >= 11 is 0. The highest BCUT2D eigenvalue weighted by atomic mass is 16.5. The molecule has 0 spiro atoms. The summed E-state index contributed by atoms with van der Waals surface area (Å²) in [4.78, 5) is 2.28. The topological polar surface area (TPSA) is 38.5 Å². The number of hydrogen-bond acceptors (Lipinski definition) is 3. The van der Waals surface area contributed by atoms with Gasteiger partial charge in [0.15, 0.2) is 0 Å². The van der Waals surface area contributed by atoms with Gasteiger partial charge in [-0.3, -0.25) is 4.90 Å². The predicted molar refractivity (Wildman–Crippen MR) is 87.2 cm³/mol. The molecule has 0 fully saturated rings. The van der Waals surface area contributed by atoms with Crippen LogP contribution < -0.4 is 10.5 Å². The van der Waals surface area contributed by atoms with Crippen molar-refractivity contribution in [1.29, 1.82) is 0 Å². The molecule has 0 aliphatic carbocycles. The Morgan fingerprint density at radius 3 is 2.52 bits per heavy atom. The summed E-state index contributed by atoms with van der Waals surface area (Å²) in [5.41, 5.74) is 10.6. The van der Waals surface area contributed by atoms with Crippen LogP contribution >= 0.6 is 0 Å². The van der Waals surface area contributed by atoms with Crippen LogP contribution in [0.25, 0.3) is 0 Å². The summed E-state index contributed by atoms with van der Waals surface area (Å²) in [6, 6.07) is 14.7. The van der Waals surface area contributed by atoms with Crippen molar-refractivity contribution in [2.45, 2.75) is 26.6 Å². The first-order valence-corrected chi connectivity index (χ1v) is 7.22. The average molecular weight is 284 g/mol. The second-order valence-corrected chi connectivity index (χ2v) is 5.51. The molecular weight excluding hydrogens is 260 g/mol. The normalized spacial score (nSPS) is 10.9. The Kier molecular flexibility index (Phi) is 5.37. The Hall–Kier alpha value is -1.84.